The molecule has 0 radical (unpaired) electrons. The van der Waals surface area contributed by atoms with E-state index in [1.165, 1.54) is 0 Å². The van der Waals surface area contributed by atoms with Crippen LogP contribution < -0.4 is 15.5 Å². The summed E-state index contributed by atoms with van der Waals surface area (Å²) in [6.07, 6.45) is 1.46. The van der Waals surface area contributed by atoms with E-state index in [1.54, 1.807) is 0 Å². The summed E-state index contributed by atoms with van der Waals surface area (Å²) < 4.78 is 0. The molecule has 1 unspecified atom stereocenters. The van der Waals surface area contributed by atoms with Crippen LogP contribution in [-0.2, 0) is 12.0 Å². The van der Waals surface area contributed by atoms with Crippen LogP contribution in [0.5, 0.6) is 0 Å². The molecule has 1 aliphatic rings. The highest BCUT2D eigenvalue weighted by molar-refractivity contribution is 5.89. The minimum absolute atomic E-state index is 0.200. The van der Waals surface area contributed by atoms with Gasteiger partial charge in [0.15, 0.2) is 0 Å². The van der Waals surface area contributed by atoms with Crippen LogP contribution in [0.1, 0.15) is 17.5 Å². The number of aliphatic hydroxyl groups is 1. The van der Waals surface area contributed by atoms with Crippen molar-refractivity contribution in [1.29, 1.82) is 0 Å². The van der Waals surface area contributed by atoms with E-state index in [9.17, 15) is 9.90 Å². The molecule has 0 aliphatic heterocycles. The van der Waals surface area contributed by atoms with Crippen LogP contribution in [0.3, 0.4) is 0 Å². The van der Waals surface area contributed by atoms with Crippen molar-refractivity contribution in [3.05, 3.63) is 59.7 Å². The van der Waals surface area contributed by atoms with Crippen molar-refractivity contribution in [2.45, 2.75) is 18.4 Å². The Bertz CT molecular complexity index is 728. The summed E-state index contributed by atoms with van der Waals surface area (Å²) >= 11 is 0. The summed E-state index contributed by atoms with van der Waals surface area (Å²) in [5.74, 6) is 0. The highest BCUT2D eigenvalue weighted by Gasteiger charge is 2.36. The normalized spacial score (nSPS) is 18.8. The molecule has 126 valence electrons. The summed E-state index contributed by atoms with van der Waals surface area (Å²) in [6.45, 7) is 0.200. The fraction of sp³-hybridized carbons (Fsp3) is 0.316. The molecule has 2 amide bonds. The molecule has 0 heterocycles. The maximum absolute atomic E-state index is 12.1. The van der Waals surface area contributed by atoms with E-state index < -0.39 is 5.60 Å². The highest BCUT2D eigenvalue weighted by Crippen LogP contribution is 2.36. The zero-order chi connectivity index (χ0) is 17.2. The van der Waals surface area contributed by atoms with Crippen LogP contribution in [0.4, 0.5) is 16.2 Å². The Morgan fingerprint density at radius 3 is 2.58 bits per heavy atom. The monoisotopic (exact) mass is 325 g/mol. The van der Waals surface area contributed by atoms with Crippen LogP contribution in [0.25, 0.3) is 0 Å². The van der Waals surface area contributed by atoms with E-state index in [0.29, 0.717) is 6.42 Å². The molecule has 5 nitrogen and oxygen atoms in total. The molecule has 5 heteroatoms. The number of amides is 2. The Kier molecular flexibility index (Phi) is 4.44. The summed E-state index contributed by atoms with van der Waals surface area (Å²) in [7, 11) is 3.94. The maximum atomic E-state index is 12.1. The van der Waals surface area contributed by atoms with Gasteiger partial charge in [0.05, 0.1) is 6.54 Å². The Labute approximate surface area is 142 Å². The molecule has 1 aliphatic carbocycles. The number of fused-ring (bicyclic) bond motifs is 1. The van der Waals surface area contributed by atoms with Gasteiger partial charge >= 0.3 is 6.03 Å². The van der Waals surface area contributed by atoms with Gasteiger partial charge in [0, 0.05) is 25.5 Å². The first-order valence-corrected chi connectivity index (χ1v) is 8.11. The van der Waals surface area contributed by atoms with Gasteiger partial charge in [-0.3, -0.25) is 0 Å². The summed E-state index contributed by atoms with van der Waals surface area (Å²) in [5, 5.41) is 16.4. The number of carbonyl (C=O) groups is 1. The van der Waals surface area contributed by atoms with Gasteiger partial charge in [-0.15, -0.1) is 0 Å². The minimum Gasteiger partial charge on any atom is -0.383 e. The van der Waals surface area contributed by atoms with Crippen molar-refractivity contribution in [2.75, 3.05) is 30.9 Å². The fourth-order valence-electron chi connectivity index (χ4n) is 3.10. The lowest BCUT2D eigenvalue weighted by Crippen LogP contribution is -2.41. The predicted molar refractivity (Wildman–Crippen MR) is 96.5 cm³/mol. The largest absolute Gasteiger partial charge is 0.383 e. The van der Waals surface area contributed by atoms with Gasteiger partial charge in [0.1, 0.15) is 5.60 Å². The molecule has 2 aromatic carbocycles. The van der Waals surface area contributed by atoms with Gasteiger partial charge in [0.2, 0.25) is 0 Å². The summed E-state index contributed by atoms with van der Waals surface area (Å²) in [5.41, 5.74) is 2.87. The number of rotatable bonds is 4. The topological polar surface area (TPSA) is 64.6 Å². The van der Waals surface area contributed by atoms with E-state index in [4.69, 9.17) is 0 Å². The van der Waals surface area contributed by atoms with Crippen LogP contribution in [0, 0.1) is 0 Å². The molecule has 3 N–H and O–H groups in total. The van der Waals surface area contributed by atoms with Crippen LogP contribution in [-0.4, -0.2) is 31.8 Å². The average molecular weight is 325 g/mol. The third-order valence-corrected chi connectivity index (χ3v) is 4.51. The number of carbonyl (C=O) groups excluding carboxylic acids is 1. The third-order valence-electron chi connectivity index (χ3n) is 4.51. The number of hydrogen-bond acceptors (Lipinski definition) is 3. The minimum atomic E-state index is -0.983. The molecule has 0 bridgehead atoms. The quantitative estimate of drug-likeness (QED) is 0.810. The molecule has 0 fully saturated rings. The maximum Gasteiger partial charge on any atom is 0.319 e. The van der Waals surface area contributed by atoms with Crippen molar-refractivity contribution in [1.82, 2.24) is 5.32 Å². The number of hydrogen-bond donors (Lipinski definition) is 3. The van der Waals surface area contributed by atoms with E-state index in [1.807, 2.05) is 67.5 Å². The SMILES string of the molecule is CN(C)c1ccc(NC(=O)NCC2(O)CCc3ccccc32)cc1. The van der Waals surface area contributed by atoms with Crippen molar-refractivity contribution in [2.24, 2.45) is 0 Å². The first-order chi connectivity index (χ1) is 11.5. The van der Waals surface area contributed by atoms with Gasteiger partial charge in [-0.05, 0) is 48.2 Å². The fourth-order valence-corrected chi connectivity index (χ4v) is 3.10. The number of nitrogens with zero attached hydrogens (tertiary/aromatic N) is 1. The van der Waals surface area contributed by atoms with Crippen LogP contribution in [0.2, 0.25) is 0 Å². The van der Waals surface area contributed by atoms with Crippen molar-refractivity contribution < 1.29 is 9.90 Å². The Hall–Kier alpha value is -2.53. The van der Waals surface area contributed by atoms with Gasteiger partial charge in [-0.1, -0.05) is 24.3 Å². The molecule has 0 saturated heterocycles. The Balaban J connectivity index is 1.58. The summed E-state index contributed by atoms with van der Waals surface area (Å²) in [4.78, 5) is 14.1. The summed E-state index contributed by atoms with van der Waals surface area (Å²) in [6, 6.07) is 15.1. The molecular weight excluding hydrogens is 302 g/mol. The number of nitrogens with one attached hydrogen (secondary N) is 2. The lowest BCUT2D eigenvalue weighted by molar-refractivity contribution is 0.0417. The van der Waals surface area contributed by atoms with Crippen molar-refractivity contribution in [3.8, 4) is 0 Å². The first kappa shape index (κ1) is 16.3. The molecular formula is C19H23N3O2. The van der Waals surface area contributed by atoms with Crippen molar-refractivity contribution in [3.63, 3.8) is 0 Å². The molecule has 2 aromatic rings. The van der Waals surface area contributed by atoms with Crippen LogP contribution >= 0.6 is 0 Å². The number of aryl methyl sites for hydroxylation is 1. The van der Waals surface area contributed by atoms with Gasteiger partial charge in [0.25, 0.3) is 0 Å². The standard InChI is InChI=1S/C19H23N3O2/c1-22(2)16-9-7-15(8-10-16)21-18(23)20-13-19(24)12-11-14-5-3-4-6-17(14)19/h3-10,24H,11-13H2,1-2H3,(H2,20,21,23). The van der Waals surface area contributed by atoms with E-state index in [-0.39, 0.29) is 12.6 Å². The predicted octanol–water partition coefficient (Wildman–Crippen LogP) is 2.71. The second-order valence-electron chi connectivity index (χ2n) is 6.44. The second-order valence-corrected chi connectivity index (χ2v) is 6.44. The third kappa shape index (κ3) is 3.36. The second kappa shape index (κ2) is 6.53. The highest BCUT2D eigenvalue weighted by atomic mass is 16.3. The molecule has 1 atom stereocenters. The average Bonchev–Trinajstić information content (AvgIpc) is 2.92. The zero-order valence-electron chi connectivity index (χ0n) is 14.0. The Morgan fingerprint density at radius 2 is 1.88 bits per heavy atom. The van der Waals surface area contributed by atoms with Crippen molar-refractivity contribution >= 4 is 17.4 Å². The first-order valence-electron chi connectivity index (χ1n) is 8.11. The lowest BCUT2D eigenvalue weighted by Gasteiger charge is -2.24. The van der Waals surface area contributed by atoms with E-state index in [0.717, 1.165) is 28.9 Å². The number of anilines is 2. The van der Waals surface area contributed by atoms with Gasteiger partial charge in [-0.2, -0.15) is 0 Å². The molecule has 0 spiro atoms. The molecule has 0 aromatic heterocycles. The number of benzene rings is 2. The smallest absolute Gasteiger partial charge is 0.319 e. The zero-order valence-corrected chi connectivity index (χ0v) is 14.0. The van der Waals surface area contributed by atoms with Gasteiger partial charge in [-0.25, -0.2) is 4.79 Å². The lowest BCUT2D eigenvalue weighted by atomic mass is 9.96. The van der Waals surface area contributed by atoms with Gasteiger partial charge < -0.3 is 20.6 Å². The van der Waals surface area contributed by atoms with E-state index in [2.05, 4.69) is 10.6 Å². The molecule has 0 saturated carbocycles. The van der Waals surface area contributed by atoms with E-state index >= 15 is 0 Å². The Morgan fingerprint density at radius 1 is 1.17 bits per heavy atom. The van der Waals surface area contributed by atoms with Crippen LogP contribution in [0.15, 0.2) is 48.5 Å². The number of urea groups is 1. The molecule has 24 heavy (non-hydrogen) atoms. The molecule has 3 rings (SSSR count).